The lowest BCUT2D eigenvalue weighted by molar-refractivity contribution is -0.115. The van der Waals surface area contributed by atoms with Crippen LogP contribution in [0.2, 0.25) is 0 Å². The minimum atomic E-state index is -0.383. The molecule has 0 bridgehead atoms. The Morgan fingerprint density at radius 1 is 1.33 bits per heavy atom. The second-order valence-electron chi connectivity index (χ2n) is 5.51. The molecule has 5 nitrogen and oxygen atoms in total. The first-order valence-corrected chi connectivity index (χ1v) is 9.17. The average Bonchev–Trinajstić information content (AvgIpc) is 2.90. The first-order chi connectivity index (χ1) is 11.4. The number of nitrogens with zero attached hydrogens (tertiary/aromatic N) is 1. The fourth-order valence-electron chi connectivity index (χ4n) is 2.26. The van der Waals surface area contributed by atoms with Crippen molar-refractivity contribution in [2.45, 2.75) is 31.2 Å². The molecule has 0 saturated carbocycles. The van der Waals surface area contributed by atoms with Gasteiger partial charge in [-0.15, -0.1) is 11.3 Å². The number of aryl methyl sites for hydroxylation is 2. The van der Waals surface area contributed by atoms with Gasteiger partial charge in [0.25, 0.3) is 5.56 Å². The molecule has 1 amide bonds. The summed E-state index contributed by atoms with van der Waals surface area (Å²) in [4.78, 5) is 33.4. The summed E-state index contributed by atoms with van der Waals surface area (Å²) in [5.74, 6) is -0.126. The molecule has 2 N–H and O–H groups in total. The third-order valence-corrected chi connectivity index (χ3v) is 5.49. The zero-order valence-electron chi connectivity index (χ0n) is 13.5. The van der Waals surface area contributed by atoms with Crippen LogP contribution in [0.15, 0.2) is 40.3 Å². The van der Waals surface area contributed by atoms with E-state index in [1.54, 1.807) is 6.92 Å². The van der Waals surface area contributed by atoms with Crippen molar-refractivity contribution < 1.29 is 4.79 Å². The van der Waals surface area contributed by atoms with E-state index in [-0.39, 0.29) is 16.7 Å². The number of fused-ring (bicyclic) bond motifs is 1. The molecule has 0 aliphatic rings. The SMILES string of the molecule is Cc1cc2c(=O)[nH]c(SC(C)C(=O)Nc3ccccc3C)nc2s1. The standard InChI is InChI=1S/C17H17N3O2S2/c1-9-6-4-5-7-13(9)18-14(21)11(3)24-17-19-15(22)12-8-10(2)23-16(12)20-17/h4-8,11H,1-3H3,(H,18,21)(H,19,20,22). The summed E-state index contributed by atoms with van der Waals surface area (Å²) in [6.45, 7) is 5.68. The number of amides is 1. The van der Waals surface area contributed by atoms with Crippen LogP contribution in [0.3, 0.4) is 0 Å². The smallest absolute Gasteiger partial charge is 0.260 e. The fourth-order valence-corrected chi connectivity index (χ4v) is 3.99. The number of thiophene rings is 1. The quantitative estimate of drug-likeness (QED) is 0.550. The summed E-state index contributed by atoms with van der Waals surface area (Å²) in [6.07, 6.45) is 0. The van der Waals surface area contributed by atoms with Gasteiger partial charge in [0.15, 0.2) is 5.16 Å². The van der Waals surface area contributed by atoms with Gasteiger partial charge >= 0.3 is 0 Å². The van der Waals surface area contributed by atoms with Crippen LogP contribution < -0.4 is 10.9 Å². The Morgan fingerprint density at radius 2 is 2.08 bits per heavy atom. The molecule has 7 heteroatoms. The number of aromatic nitrogens is 2. The molecule has 2 aromatic heterocycles. The third-order valence-electron chi connectivity index (χ3n) is 3.56. The molecule has 0 fully saturated rings. The molecule has 0 radical (unpaired) electrons. The predicted octanol–water partition coefficient (Wildman–Crippen LogP) is 3.72. The van der Waals surface area contributed by atoms with Crippen molar-refractivity contribution in [2.75, 3.05) is 5.32 Å². The van der Waals surface area contributed by atoms with Crippen LogP contribution in [-0.4, -0.2) is 21.1 Å². The molecular weight excluding hydrogens is 342 g/mol. The average molecular weight is 359 g/mol. The lowest BCUT2D eigenvalue weighted by Gasteiger charge is -2.12. The van der Waals surface area contributed by atoms with Crippen molar-refractivity contribution >= 4 is 44.9 Å². The largest absolute Gasteiger partial charge is 0.325 e. The fraction of sp³-hybridized carbons (Fsp3) is 0.235. The van der Waals surface area contributed by atoms with Gasteiger partial charge in [0, 0.05) is 10.6 Å². The maximum Gasteiger partial charge on any atom is 0.260 e. The molecule has 0 spiro atoms. The number of hydrogen-bond donors (Lipinski definition) is 2. The number of rotatable bonds is 4. The second kappa shape index (κ2) is 6.78. The van der Waals surface area contributed by atoms with Crippen molar-refractivity contribution in [2.24, 2.45) is 0 Å². The van der Waals surface area contributed by atoms with Crippen LogP contribution in [-0.2, 0) is 4.79 Å². The number of thioether (sulfide) groups is 1. The van der Waals surface area contributed by atoms with Gasteiger partial charge in [0.05, 0.1) is 10.6 Å². The van der Waals surface area contributed by atoms with Gasteiger partial charge in [0.1, 0.15) is 4.83 Å². The molecule has 0 saturated heterocycles. The molecule has 3 aromatic rings. The van der Waals surface area contributed by atoms with Crippen LogP contribution in [0, 0.1) is 13.8 Å². The Balaban J connectivity index is 1.77. The van der Waals surface area contributed by atoms with Crippen molar-refractivity contribution in [1.82, 2.24) is 9.97 Å². The maximum absolute atomic E-state index is 12.4. The highest BCUT2D eigenvalue weighted by atomic mass is 32.2. The zero-order chi connectivity index (χ0) is 17.3. The summed E-state index contributed by atoms with van der Waals surface area (Å²) >= 11 is 2.72. The normalized spacial score (nSPS) is 12.3. The molecule has 124 valence electrons. The minimum Gasteiger partial charge on any atom is -0.325 e. The number of H-pyrrole nitrogens is 1. The van der Waals surface area contributed by atoms with Crippen LogP contribution in [0.25, 0.3) is 10.2 Å². The Labute approximate surface area is 147 Å². The third kappa shape index (κ3) is 3.52. The topological polar surface area (TPSA) is 74.8 Å². The van der Waals surface area contributed by atoms with E-state index in [4.69, 9.17) is 0 Å². The van der Waals surface area contributed by atoms with Gasteiger partial charge in [-0.3, -0.25) is 9.59 Å². The Hall–Kier alpha value is -2.12. The molecule has 0 aliphatic heterocycles. The van der Waals surface area contributed by atoms with Gasteiger partial charge < -0.3 is 10.3 Å². The first-order valence-electron chi connectivity index (χ1n) is 7.47. The van der Waals surface area contributed by atoms with E-state index in [0.29, 0.717) is 15.4 Å². The number of nitrogens with one attached hydrogen (secondary N) is 2. The van der Waals surface area contributed by atoms with Crippen LogP contribution in [0.5, 0.6) is 0 Å². The molecular formula is C17H17N3O2S2. The molecule has 1 unspecified atom stereocenters. The Bertz CT molecular complexity index is 962. The Morgan fingerprint density at radius 3 is 2.83 bits per heavy atom. The van der Waals surface area contributed by atoms with E-state index >= 15 is 0 Å². The predicted molar refractivity (Wildman–Crippen MR) is 100 cm³/mol. The van der Waals surface area contributed by atoms with Gasteiger partial charge in [-0.05, 0) is 38.5 Å². The highest BCUT2D eigenvalue weighted by Crippen LogP contribution is 2.25. The van der Waals surface area contributed by atoms with Crippen molar-refractivity contribution in [1.29, 1.82) is 0 Å². The zero-order valence-corrected chi connectivity index (χ0v) is 15.2. The van der Waals surface area contributed by atoms with E-state index in [2.05, 4.69) is 15.3 Å². The monoisotopic (exact) mass is 359 g/mol. The summed E-state index contributed by atoms with van der Waals surface area (Å²) in [5.41, 5.74) is 1.63. The first kappa shape index (κ1) is 16.7. The molecule has 1 atom stereocenters. The number of hydrogen-bond acceptors (Lipinski definition) is 5. The molecule has 2 heterocycles. The van der Waals surface area contributed by atoms with Gasteiger partial charge in [-0.1, -0.05) is 30.0 Å². The highest BCUT2D eigenvalue weighted by Gasteiger charge is 2.17. The summed E-state index contributed by atoms with van der Waals surface area (Å²) < 4.78 is 0. The van der Waals surface area contributed by atoms with E-state index in [0.717, 1.165) is 16.1 Å². The van der Waals surface area contributed by atoms with Crippen LogP contribution in [0.4, 0.5) is 5.69 Å². The number of aromatic amines is 1. The molecule has 24 heavy (non-hydrogen) atoms. The molecule has 1 aromatic carbocycles. The Kier molecular flexibility index (Phi) is 4.73. The second-order valence-corrected chi connectivity index (χ2v) is 8.08. The maximum atomic E-state index is 12.4. The number of benzene rings is 1. The molecule has 0 aliphatic carbocycles. The van der Waals surface area contributed by atoms with E-state index in [1.165, 1.54) is 23.1 Å². The van der Waals surface area contributed by atoms with E-state index < -0.39 is 0 Å². The molecule has 3 rings (SSSR count). The van der Waals surface area contributed by atoms with Gasteiger partial charge in [-0.25, -0.2) is 4.98 Å². The van der Waals surface area contributed by atoms with E-state index in [9.17, 15) is 9.59 Å². The van der Waals surface area contributed by atoms with Crippen molar-refractivity contribution in [3.8, 4) is 0 Å². The van der Waals surface area contributed by atoms with Gasteiger partial charge in [-0.2, -0.15) is 0 Å². The van der Waals surface area contributed by atoms with Crippen LogP contribution >= 0.6 is 23.1 Å². The van der Waals surface area contributed by atoms with Crippen molar-refractivity contribution in [3.63, 3.8) is 0 Å². The lowest BCUT2D eigenvalue weighted by atomic mass is 10.2. The number of carbonyl (C=O) groups is 1. The lowest BCUT2D eigenvalue weighted by Crippen LogP contribution is -2.23. The van der Waals surface area contributed by atoms with Gasteiger partial charge in [0.2, 0.25) is 5.91 Å². The summed E-state index contributed by atoms with van der Waals surface area (Å²) in [6, 6.07) is 9.45. The van der Waals surface area contributed by atoms with Crippen molar-refractivity contribution in [3.05, 3.63) is 51.1 Å². The summed E-state index contributed by atoms with van der Waals surface area (Å²) in [7, 11) is 0. The summed E-state index contributed by atoms with van der Waals surface area (Å²) in [5, 5.41) is 3.58. The number of para-hydroxylation sites is 1. The minimum absolute atomic E-state index is 0.126. The number of carbonyl (C=O) groups excluding carboxylic acids is 1. The van der Waals surface area contributed by atoms with E-state index in [1.807, 2.05) is 44.2 Å². The van der Waals surface area contributed by atoms with Crippen LogP contribution in [0.1, 0.15) is 17.4 Å². The highest BCUT2D eigenvalue weighted by molar-refractivity contribution is 8.00. The number of anilines is 1.